The maximum Gasteiger partial charge on any atom is 0.323 e. The van der Waals surface area contributed by atoms with Crippen LogP contribution in [0.1, 0.15) is 27.7 Å². The standard InChI is InChI=1S/C10H18ClNO2/c1-7(11)6-12-8(2)9(13)14-10(3,4)5/h8,12H,1,6H2,2-5H3. The lowest BCUT2D eigenvalue weighted by Gasteiger charge is -2.22. The molecule has 1 unspecified atom stereocenters. The van der Waals surface area contributed by atoms with Crippen molar-refractivity contribution in [1.29, 1.82) is 0 Å². The minimum atomic E-state index is -0.453. The van der Waals surface area contributed by atoms with Gasteiger partial charge in [0.15, 0.2) is 0 Å². The second-order valence-corrected chi connectivity index (χ2v) is 4.69. The zero-order valence-electron chi connectivity index (χ0n) is 9.19. The van der Waals surface area contributed by atoms with Crippen LogP contribution >= 0.6 is 11.6 Å². The number of ether oxygens (including phenoxy) is 1. The molecule has 1 N–H and O–H groups in total. The summed E-state index contributed by atoms with van der Waals surface area (Å²) in [7, 11) is 0. The van der Waals surface area contributed by atoms with Gasteiger partial charge >= 0.3 is 5.97 Å². The molecule has 0 rings (SSSR count). The smallest absolute Gasteiger partial charge is 0.323 e. The van der Waals surface area contributed by atoms with Crippen molar-refractivity contribution in [3.05, 3.63) is 11.6 Å². The van der Waals surface area contributed by atoms with Gasteiger partial charge in [-0.05, 0) is 27.7 Å². The van der Waals surface area contributed by atoms with Crippen LogP contribution in [-0.2, 0) is 9.53 Å². The van der Waals surface area contributed by atoms with E-state index in [2.05, 4.69) is 11.9 Å². The lowest BCUT2D eigenvalue weighted by atomic mass is 10.2. The van der Waals surface area contributed by atoms with Crippen LogP contribution in [0, 0.1) is 0 Å². The zero-order valence-corrected chi connectivity index (χ0v) is 9.94. The molecule has 1 atom stereocenters. The van der Waals surface area contributed by atoms with Crippen molar-refractivity contribution >= 4 is 17.6 Å². The van der Waals surface area contributed by atoms with E-state index in [9.17, 15) is 4.79 Å². The van der Waals surface area contributed by atoms with Crippen molar-refractivity contribution in [3.8, 4) is 0 Å². The molecule has 0 saturated heterocycles. The first-order chi connectivity index (χ1) is 6.22. The summed E-state index contributed by atoms with van der Waals surface area (Å²) in [4.78, 5) is 11.4. The molecule has 0 aliphatic carbocycles. The summed E-state index contributed by atoms with van der Waals surface area (Å²) < 4.78 is 5.16. The highest BCUT2D eigenvalue weighted by molar-refractivity contribution is 6.29. The molecular weight excluding hydrogens is 202 g/mol. The average molecular weight is 220 g/mol. The summed E-state index contributed by atoms with van der Waals surface area (Å²) in [5.74, 6) is -0.282. The fourth-order valence-corrected chi connectivity index (χ4v) is 0.814. The summed E-state index contributed by atoms with van der Waals surface area (Å²) in [6, 6.07) is -0.371. The van der Waals surface area contributed by atoms with E-state index in [-0.39, 0.29) is 12.0 Å². The summed E-state index contributed by atoms with van der Waals surface area (Å²) in [5.41, 5.74) is -0.453. The quantitative estimate of drug-likeness (QED) is 0.736. The van der Waals surface area contributed by atoms with E-state index < -0.39 is 5.60 Å². The minimum Gasteiger partial charge on any atom is -0.459 e. The van der Waals surface area contributed by atoms with Gasteiger partial charge in [-0.15, -0.1) is 0 Å². The summed E-state index contributed by atoms with van der Waals surface area (Å²) in [5, 5.41) is 3.37. The van der Waals surface area contributed by atoms with Crippen molar-refractivity contribution in [3.63, 3.8) is 0 Å². The highest BCUT2D eigenvalue weighted by atomic mass is 35.5. The largest absolute Gasteiger partial charge is 0.459 e. The molecule has 0 aromatic carbocycles. The second kappa shape index (κ2) is 5.37. The zero-order chi connectivity index (χ0) is 11.4. The molecule has 0 spiro atoms. The maximum atomic E-state index is 11.4. The number of carbonyl (C=O) groups is 1. The molecule has 3 nitrogen and oxygen atoms in total. The van der Waals surface area contributed by atoms with E-state index in [1.165, 1.54) is 0 Å². The normalized spacial score (nSPS) is 13.5. The lowest BCUT2D eigenvalue weighted by molar-refractivity contribution is -0.156. The van der Waals surface area contributed by atoms with Crippen LogP contribution in [0.3, 0.4) is 0 Å². The Balaban J connectivity index is 3.94. The third-order valence-electron chi connectivity index (χ3n) is 1.36. The van der Waals surface area contributed by atoms with Gasteiger partial charge in [0.1, 0.15) is 11.6 Å². The van der Waals surface area contributed by atoms with E-state index in [4.69, 9.17) is 16.3 Å². The topological polar surface area (TPSA) is 38.3 Å². The fraction of sp³-hybridized carbons (Fsp3) is 0.700. The van der Waals surface area contributed by atoms with Crippen molar-refractivity contribution in [2.24, 2.45) is 0 Å². The number of carbonyl (C=O) groups excluding carboxylic acids is 1. The Bertz CT molecular complexity index is 221. The van der Waals surface area contributed by atoms with Crippen LogP contribution in [-0.4, -0.2) is 24.2 Å². The van der Waals surface area contributed by atoms with E-state index in [0.29, 0.717) is 11.6 Å². The van der Waals surface area contributed by atoms with E-state index in [1.54, 1.807) is 6.92 Å². The monoisotopic (exact) mass is 219 g/mol. The predicted molar refractivity (Wildman–Crippen MR) is 58.3 cm³/mol. The van der Waals surface area contributed by atoms with E-state index in [1.807, 2.05) is 20.8 Å². The van der Waals surface area contributed by atoms with Gasteiger partial charge < -0.3 is 4.74 Å². The molecule has 4 heteroatoms. The number of nitrogens with one attached hydrogen (secondary N) is 1. The Morgan fingerprint density at radius 2 is 2.07 bits per heavy atom. The third kappa shape index (κ3) is 6.92. The number of hydrogen-bond acceptors (Lipinski definition) is 3. The van der Waals surface area contributed by atoms with Crippen LogP contribution in [0.4, 0.5) is 0 Å². The molecule has 0 fully saturated rings. The molecular formula is C10H18ClNO2. The van der Waals surface area contributed by atoms with Crippen molar-refractivity contribution < 1.29 is 9.53 Å². The average Bonchev–Trinajstić information content (AvgIpc) is 1.96. The van der Waals surface area contributed by atoms with Crippen LogP contribution in [0.2, 0.25) is 0 Å². The molecule has 0 heterocycles. The van der Waals surface area contributed by atoms with Crippen molar-refractivity contribution in [1.82, 2.24) is 5.32 Å². The molecule has 0 radical (unpaired) electrons. The molecule has 82 valence electrons. The minimum absolute atomic E-state index is 0.282. The van der Waals surface area contributed by atoms with E-state index in [0.717, 1.165) is 0 Å². The predicted octanol–water partition coefficient (Wildman–Crippen LogP) is 2.06. The second-order valence-electron chi connectivity index (χ2n) is 4.15. The first-order valence-corrected chi connectivity index (χ1v) is 4.89. The summed E-state index contributed by atoms with van der Waals surface area (Å²) in [6.45, 7) is 11.1. The van der Waals surface area contributed by atoms with Crippen LogP contribution in [0.5, 0.6) is 0 Å². The maximum absolute atomic E-state index is 11.4. The number of rotatable bonds is 4. The number of esters is 1. The van der Waals surface area contributed by atoms with Gasteiger partial charge in [-0.25, -0.2) is 0 Å². The molecule has 0 bridgehead atoms. The molecule has 14 heavy (non-hydrogen) atoms. The van der Waals surface area contributed by atoms with Gasteiger partial charge in [0, 0.05) is 11.6 Å². The molecule has 0 aliphatic rings. The Kier molecular flexibility index (Phi) is 5.16. The van der Waals surface area contributed by atoms with Gasteiger partial charge in [0.2, 0.25) is 0 Å². The van der Waals surface area contributed by atoms with Crippen molar-refractivity contribution in [2.45, 2.75) is 39.3 Å². The first kappa shape index (κ1) is 13.5. The van der Waals surface area contributed by atoms with Gasteiger partial charge in [-0.3, -0.25) is 10.1 Å². The Morgan fingerprint density at radius 3 is 2.43 bits per heavy atom. The third-order valence-corrected chi connectivity index (χ3v) is 1.49. The molecule has 0 aliphatic heterocycles. The van der Waals surface area contributed by atoms with Crippen LogP contribution in [0.15, 0.2) is 11.6 Å². The van der Waals surface area contributed by atoms with Gasteiger partial charge in [0.25, 0.3) is 0 Å². The molecule has 0 aromatic rings. The number of halogens is 1. The highest BCUT2D eigenvalue weighted by Gasteiger charge is 2.20. The van der Waals surface area contributed by atoms with Crippen molar-refractivity contribution in [2.75, 3.05) is 6.54 Å². The van der Waals surface area contributed by atoms with E-state index >= 15 is 0 Å². The molecule has 0 aromatic heterocycles. The Labute approximate surface area is 90.5 Å². The summed E-state index contributed by atoms with van der Waals surface area (Å²) in [6.07, 6.45) is 0. The molecule has 0 amide bonds. The lowest BCUT2D eigenvalue weighted by Crippen LogP contribution is -2.39. The first-order valence-electron chi connectivity index (χ1n) is 4.52. The Hall–Kier alpha value is -0.540. The van der Waals surface area contributed by atoms with Crippen LogP contribution in [0.25, 0.3) is 0 Å². The SMILES string of the molecule is C=C(Cl)CNC(C)C(=O)OC(C)(C)C. The van der Waals surface area contributed by atoms with Gasteiger partial charge in [-0.1, -0.05) is 18.2 Å². The molecule has 0 saturated carbocycles. The highest BCUT2D eigenvalue weighted by Crippen LogP contribution is 2.08. The van der Waals surface area contributed by atoms with Gasteiger partial charge in [0.05, 0.1) is 0 Å². The number of hydrogen-bond donors (Lipinski definition) is 1. The Morgan fingerprint density at radius 1 is 1.57 bits per heavy atom. The summed E-state index contributed by atoms with van der Waals surface area (Å²) >= 11 is 5.55. The van der Waals surface area contributed by atoms with Gasteiger partial charge in [-0.2, -0.15) is 0 Å². The van der Waals surface area contributed by atoms with Crippen LogP contribution < -0.4 is 5.32 Å². The fourth-order valence-electron chi connectivity index (χ4n) is 0.737.